The van der Waals surface area contributed by atoms with Gasteiger partial charge in [0.1, 0.15) is 12.3 Å². The maximum Gasteiger partial charge on any atom is 0.256 e. The van der Waals surface area contributed by atoms with Gasteiger partial charge >= 0.3 is 0 Å². The molecule has 0 bridgehead atoms. The van der Waals surface area contributed by atoms with Crippen molar-refractivity contribution in [2.45, 2.75) is 26.3 Å². The number of nitrogens with one attached hydrogen (secondary N) is 2. The highest BCUT2D eigenvalue weighted by atomic mass is 16.2. The van der Waals surface area contributed by atoms with Gasteiger partial charge in [0, 0.05) is 6.04 Å². The molecule has 0 aromatic heterocycles. The van der Waals surface area contributed by atoms with Gasteiger partial charge < -0.3 is 10.6 Å². The van der Waals surface area contributed by atoms with Gasteiger partial charge in [-0.15, -0.1) is 0 Å². The molecule has 0 saturated carbocycles. The Balaban J connectivity index is 2.49. The molecule has 0 radical (unpaired) electrons. The zero-order chi connectivity index (χ0) is 9.84. The number of amides is 2. The Hall–Kier alpha value is -1.23. The molecular weight excluding hydrogens is 170 g/mol. The third-order valence-electron chi connectivity index (χ3n) is 1.53. The molecule has 1 heterocycles. The Morgan fingerprint density at radius 3 is 2.77 bits per heavy atom. The number of carbonyl (C=O) groups is 2. The van der Waals surface area contributed by atoms with Crippen LogP contribution in [0.1, 0.15) is 20.3 Å². The van der Waals surface area contributed by atoms with Gasteiger partial charge in [-0.3, -0.25) is 9.59 Å². The van der Waals surface area contributed by atoms with E-state index in [4.69, 9.17) is 0 Å². The standard InChI is InChI=1S/C8H13N3O2/c1-5(2)9-4-6-10-7(12)3-8(13)11-6/h5,9H,3-4H2,1-2H3,(H,10,11,12,13). The Labute approximate surface area is 76.6 Å². The summed E-state index contributed by atoms with van der Waals surface area (Å²) in [5.41, 5.74) is 0. The Morgan fingerprint density at radius 2 is 2.23 bits per heavy atom. The Morgan fingerprint density at radius 1 is 1.54 bits per heavy atom. The first-order valence-electron chi connectivity index (χ1n) is 4.21. The molecule has 0 saturated heterocycles. The Bertz CT molecular complexity index is 258. The molecule has 1 aliphatic rings. The fourth-order valence-corrected chi connectivity index (χ4v) is 0.945. The number of hydrogen-bond acceptors (Lipinski definition) is 3. The molecule has 1 rings (SSSR count). The molecule has 72 valence electrons. The summed E-state index contributed by atoms with van der Waals surface area (Å²) in [5, 5.41) is 5.59. The van der Waals surface area contributed by atoms with Gasteiger partial charge in [0.2, 0.25) is 5.91 Å². The minimum absolute atomic E-state index is 0.134. The average Bonchev–Trinajstić information content (AvgIpc) is 1.99. The van der Waals surface area contributed by atoms with Crippen LogP contribution in [0.5, 0.6) is 0 Å². The van der Waals surface area contributed by atoms with Crippen LogP contribution in [0.15, 0.2) is 4.99 Å². The van der Waals surface area contributed by atoms with Crippen LogP contribution in [0.4, 0.5) is 0 Å². The summed E-state index contributed by atoms with van der Waals surface area (Å²) in [6.07, 6.45) is -0.134. The third-order valence-corrected chi connectivity index (χ3v) is 1.53. The summed E-state index contributed by atoms with van der Waals surface area (Å²) >= 11 is 0. The van der Waals surface area contributed by atoms with Crippen molar-refractivity contribution in [1.82, 2.24) is 10.6 Å². The van der Waals surface area contributed by atoms with Crippen molar-refractivity contribution >= 4 is 17.6 Å². The topological polar surface area (TPSA) is 70.6 Å². The third kappa shape index (κ3) is 3.33. The maximum absolute atomic E-state index is 10.9. The molecule has 2 amide bonds. The van der Waals surface area contributed by atoms with Crippen LogP contribution in [0, 0.1) is 0 Å². The van der Waals surface area contributed by atoms with Crippen molar-refractivity contribution in [1.29, 1.82) is 0 Å². The van der Waals surface area contributed by atoms with E-state index < -0.39 is 0 Å². The van der Waals surface area contributed by atoms with E-state index in [1.165, 1.54) is 0 Å². The van der Waals surface area contributed by atoms with E-state index in [0.29, 0.717) is 18.4 Å². The summed E-state index contributed by atoms with van der Waals surface area (Å²) in [6.45, 7) is 4.38. The summed E-state index contributed by atoms with van der Waals surface area (Å²) in [6, 6.07) is 0.302. The van der Waals surface area contributed by atoms with Crippen LogP contribution >= 0.6 is 0 Å². The lowest BCUT2D eigenvalue weighted by Gasteiger charge is -2.14. The van der Waals surface area contributed by atoms with Gasteiger partial charge in [-0.25, -0.2) is 0 Å². The van der Waals surface area contributed by atoms with E-state index in [1.807, 2.05) is 13.8 Å². The number of amidine groups is 1. The Kier molecular flexibility index (Phi) is 3.13. The molecule has 0 unspecified atom stereocenters. The van der Waals surface area contributed by atoms with E-state index >= 15 is 0 Å². The SMILES string of the molecule is CC(C)NCC1=NC(=O)CC(=O)N1. The highest BCUT2D eigenvalue weighted by Crippen LogP contribution is 1.93. The van der Waals surface area contributed by atoms with Crippen molar-refractivity contribution < 1.29 is 9.59 Å². The second-order valence-electron chi connectivity index (χ2n) is 3.21. The van der Waals surface area contributed by atoms with Crippen LogP contribution in [0.3, 0.4) is 0 Å². The average molecular weight is 183 g/mol. The summed E-state index contributed by atoms with van der Waals surface area (Å²) in [4.78, 5) is 25.4. The fourth-order valence-electron chi connectivity index (χ4n) is 0.945. The first kappa shape index (κ1) is 9.85. The highest BCUT2D eigenvalue weighted by Gasteiger charge is 2.17. The second kappa shape index (κ2) is 4.13. The predicted octanol–water partition coefficient (Wildman–Crippen LogP) is -0.571. The van der Waals surface area contributed by atoms with E-state index in [9.17, 15) is 9.59 Å². The van der Waals surface area contributed by atoms with Gasteiger partial charge in [0.15, 0.2) is 0 Å². The summed E-state index contributed by atoms with van der Waals surface area (Å²) in [7, 11) is 0. The number of aliphatic imine (C=N–C) groups is 1. The number of carbonyl (C=O) groups excluding carboxylic acids is 2. The number of nitrogens with zero attached hydrogens (tertiary/aromatic N) is 1. The minimum atomic E-state index is -0.371. The zero-order valence-electron chi connectivity index (χ0n) is 7.76. The van der Waals surface area contributed by atoms with Crippen LogP contribution < -0.4 is 10.6 Å². The second-order valence-corrected chi connectivity index (χ2v) is 3.21. The van der Waals surface area contributed by atoms with E-state index in [2.05, 4.69) is 15.6 Å². The lowest BCUT2D eigenvalue weighted by atomic mass is 10.3. The van der Waals surface area contributed by atoms with Crippen LogP contribution in [-0.4, -0.2) is 30.2 Å². The van der Waals surface area contributed by atoms with Crippen LogP contribution in [0.25, 0.3) is 0 Å². The van der Waals surface area contributed by atoms with E-state index in [1.54, 1.807) is 0 Å². The van der Waals surface area contributed by atoms with Crippen molar-refractivity contribution in [2.24, 2.45) is 4.99 Å². The monoisotopic (exact) mass is 183 g/mol. The smallest absolute Gasteiger partial charge is 0.256 e. The first-order chi connectivity index (χ1) is 6.08. The highest BCUT2D eigenvalue weighted by molar-refractivity contribution is 6.14. The fraction of sp³-hybridized carbons (Fsp3) is 0.625. The molecule has 0 aromatic carbocycles. The molecular formula is C8H13N3O2. The predicted molar refractivity (Wildman–Crippen MR) is 48.3 cm³/mol. The molecule has 0 spiro atoms. The van der Waals surface area contributed by atoms with E-state index in [0.717, 1.165) is 0 Å². The maximum atomic E-state index is 10.9. The van der Waals surface area contributed by atoms with Gasteiger partial charge in [-0.1, -0.05) is 13.8 Å². The summed E-state index contributed by atoms with van der Waals surface area (Å²) < 4.78 is 0. The van der Waals surface area contributed by atoms with E-state index in [-0.39, 0.29) is 18.2 Å². The molecule has 0 aromatic rings. The van der Waals surface area contributed by atoms with Crippen molar-refractivity contribution in [3.05, 3.63) is 0 Å². The lowest BCUT2D eigenvalue weighted by molar-refractivity contribution is -0.127. The number of hydrogen-bond donors (Lipinski definition) is 2. The lowest BCUT2D eigenvalue weighted by Crippen LogP contribution is -2.43. The van der Waals surface area contributed by atoms with Gasteiger partial charge in [-0.05, 0) is 0 Å². The quantitative estimate of drug-likeness (QED) is 0.575. The molecule has 0 aliphatic carbocycles. The zero-order valence-corrected chi connectivity index (χ0v) is 7.76. The molecule has 2 N–H and O–H groups in total. The molecule has 0 atom stereocenters. The summed E-state index contributed by atoms with van der Waals surface area (Å²) in [5.74, 6) is -0.236. The molecule has 13 heavy (non-hydrogen) atoms. The normalized spacial score (nSPS) is 17.3. The largest absolute Gasteiger partial charge is 0.313 e. The first-order valence-corrected chi connectivity index (χ1v) is 4.21. The van der Waals surface area contributed by atoms with Gasteiger partial charge in [-0.2, -0.15) is 4.99 Å². The number of rotatable bonds is 3. The molecule has 5 heteroatoms. The minimum Gasteiger partial charge on any atom is -0.313 e. The van der Waals surface area contributed by atoms with Crippen molar-refractivity contribution in [3.63, 3.8) is 0 Å². The van der Waals surface area contributed by atoms with Crippen LogP contribution in [-0.2, 0) is 9.59 Å². The molecule has 5 nitrogen and oxygen atoms in total. The van der Waals surface area contributed by atoms with Crippen molar-refractivity contribution in [2.75, 3.05) is 6.54 Å². The van der Waals surface area contributed by atoms with Crippen molar-refractivity contribution in [3.8, 4) is 0 Å². The van der Waals surface area contributed by atoms with Crippen LogP contribution in [0.2, 0.25) is 0 Å². The van der Waals surface area contributed by atoms with Gasteiger partial charge in [0.05, 0.1) is 6.54 Å². The molecule has 0 fully saturated rings. The van der Waals surface area contributed by atoms with Gasteiger partial charge in [0.25, 0.3) is 5.91 Å². The molecule has 1 aliphatic heterocycles.